The van der Waals surface area contributed by atoms with E-state index in [1.165, 1.54) is 0 Å². The Morgan fingerprint density at radius 2 is 1.93 bits per heavy atom. The first-order chi connectivity index (χ1) is 14.1. The van der Waals surface area contributed by atoms with Crippen molar-refractivity contribution in [2.24, 2.45) is 0 Å². The second kappa shape index (κ2) is 7.74. The van der Waals surface area contributed by atoms with Crippen molar-refractivity contribution in [2.75, 3.05) is 14.2 Å². The molecule has 4 rings (SSSR count). The van der Waals surface area contributed by atoms with Gasteiger partial charge < -0.3 is 18.9 Å². The Kier molecular flexibility index (Phi) is 4.98. The number of fused-ring (bicyclic) bond motifs is 1. The van der Waals surface area contributed by atoms with Crippen molar-refractivity contribution in [1.29, 1.82) is 5.26 Å². The first kappa shape index (κ1) is 18.7. The largest absolute Gasteiger partial charge is 0.496 e. The van der Waals surface area contributed by atoms with E-state index in [9.17, 15) is 5.26 Å². The quantitative estimate of drug-likeness (QED) is 0.439. The predicted octanol–water partition coefficient (Wildman–Crippen LogP) is 5.56. The minimum absolute atomic E-state index is 0.364. The molecular formula is C22H16ClN3O3. The number of para-hydroxylation sites is 2. The number of hydrogen-bond donors (Lipinski definition) is 1. The fourth-order valence-electron chi connectivity index (χ4n) is 3.00. The van der Waals surface area contributed by atoms with Gasteiger partial charge in [0.1, 0.15) is 34.9 Å². The molecule has 7 heteroatoms. The maximum atomic E-state index is 9.60. The minimum Gasteiger partial charge on any atom is -0.496 e. The van der Waals surface area contributed by atoms with Gasteiger partial charge in [-0.15, -0.1) is 0 Å². The van der Waals surface area contributed by atoms with Gasteiger partial charge in [0, 0.05) is 12.1 Å². The van der Waals surface area contributed by atoms with E-state index in [0.717, 1.165) is 11.0 Å². The van der Waals surface area contributed by atoms with Crippen LogP contribution in [-0.2, 0) is 0 Å². The number of nitrogens with zero attached hydrogens (tertiary/aromatic N) is 2. The number of allylic oxidation sites excluding steroid dienone is 1. The third-order valence-electron chi connectivity index (χ3n) is 4.42. The molecule has 0 bridgehead atoms. The molecule has 0 amide bonds. The molecule has 0 aliphatic rings. The van der Waals surface area contributed by atoms with Crippen LogP contribution in [0.1, 0.15) is 11.6 Å². The van der Waals surface area contributed by atoms with Gasteiger partial charge in [-0.25, -0.2) is 4.98 Å². The van der Waals surface area contributed by atoms with Gasteiger partial charge in [0.05, 0.1) is 41.4 Å². The van der Waals surface area contributed by atoms with E-state index in [0.29, 0.717) is 45.0 Å². The number of nitriles is 1. The number of ether oxygens (including phenoxy) is 2. The van der Waals surface area contributed by atoms with Gasteiger partial charge in [-0.2, -0.15) is 5.26 Å². The number of halogens is 1. The predicted molar refractivity (Wildman–Crippen MR) is 112 cm³/mol. The van der Waals surface area contributed by atoms with Crippen LogP contribution < -0.4 is 9.47 Å². The van der Waals surface area contributed by atoms with Gasteiger partial charge in [-0.3, -0.25) is 0 Å². The molecule has 0 atom stereocenters. The number of nitrogens with one attached hydrogen (secondary N) is 1. The first-order valence-electron chi connectivity index (χ1n) is 8.71. The molecule has 6 nitrogen and oxygen atoms in total. The van der Waals surface area contributed by atoms with Crippen LogP contribution in [0.15, 0.2) is 52.9 Å². The van der Waals surface area contributed by atoms with Crippen molar-refractivity contribution in [3.05, 3.63) is 65.1 Å². The summed E-state index contributed by atoms with van der Waals surface area (Å²) in [5.74, 6) is 2.62. The molecule has 0 saturated heterocycles. The molecular weight excluding hydrogens is 390 g/mol. The molecule has 144 valence electrons. The van der Waals surface area contributed by atoms with Crippen molar-refractivity contribution in [3.63, 3.8) is 0 Å². The summed E-state index contributed by atoms with van der Waals surface area (Å²) in [5, 5.41) is 10.0. The molecule has 4 aromatic rings. The maximum Gasteiger partial charge on any atom is 0.149 e. The highest BCUT2D eigenvalue weighted by Crippen LogP contribution is 2.39. The van der Waals surface area contributed by atoms with Crippen LogP contribution in [-0.4, -0.2) is 24.2 Å². The first-order valence-corrected chi connectivity index (χ1v) is 9.09. The number of aromatic nitrogens is 2. The average Bonchev–Trinajstić information content (AvgIpc) is 3.38. The van der Waals surface area contributed by atoms with Crippen molar-refractivity contribution >= 4 is 34.3 Å². The molecule has 2 aromatic carbocycles. The van der Waals surface area contributed by atoms with Crippen LogP contribution in [0, 0.1) is 11.3 Å². The number of H-pyrrole nitrogens is 1. The number of furan rings is 1. The maximum absolute atomic E-state index is 9.60. The molecule has 0 spiro atoms. The van der Waals surface area contributed by atoms with E-state index < -0.39 is 0 Å². The Labute approximate surface area is 172 Å². The van der Waals surface area contributed by atoms with Gasteiger partial charge in [0.15, 0.2) is 0 Å². The van der Waals surface area contributed by atoms with E-state index >= 15 is 0 Å². The number of rotatable bonds is 5. The second-order valence-corrected chi connectivity index (χ2v) is 6.57. The van der Waals surface area contributed by atoms with Crippen LogP contribution in [0.25, 0.3) is 34.0 Å². The number of benzene rings is 2. The van der Waals surface area contributed by atoms with E-state index in [-0.39, 0.29) is 0 Å². The molecule has 0 fully saturated rings. The Morgan fingerprint density at radius 3 is 2.66 bits per heavy atom. The topological polar surface area (TPSA) is 84.1 Å². The Balaban J connectivity index is 1.73. The van der Waals surface area contributed by atoms with Gasteiger partial charge >= 0.3 is 0 Å². The van der Waals surface area contributed by atoms with E-state index in [1.54, 1.807) is 44.6 Å². The molecule has 0 aliphatic carbocycles. The Hall–Kier alpha value is -3.69. The zero-order valence-corrected chi connectivity index (χ0v) is 16.4. The van der Waals surface area contributed by atoms with Crippen LogP contribution in [0.3, 0.4) is 0 Å². The lowest BCUT2D eigenvalue weighted by atomic mass is 10.1. The summed E-state index contributed by atoms with van der Waals surface area (Å²) in [5.41, 5.74) is 2.71. The van der Waals surface area contributed by atoms with Gasteiger partial charge in [0.2, 0.25) is 0 Å². The number of aromatic amines is 1. The SMILES string of the molecule is COc1cc(-c2ccc(C=C(C#N)c3nc4ccccc4[nH]3)o2)c(OC)cc1Cl. The lowest BCUT2D eigenvalue weighted by Gasteiger charge is -2.10. The van der Waals surface area contributed by atoms with Crippen molar-refractivity contribution in [1.82, 2.24) is 9.97 Å². The normalized spacial score (nSPS) is 11.4. The lowest BCUT2D eigenvalue weighted by molar-refractivity contribution is 0.403. The Morgan fingerprint density at radius 1 is 1.14 bits per heavy atom. The van der Waals surface area contributed by atoms with E-state index in [1.807, 2.05) is 24.3 Å². The van der Waals surface area contributed by atoms with Crippen LogP contribution in [0.2, 0.25) is 5.02 Å². The molecule has 0 unspecified atom stereocenters. The van der Waals surface area contributed by atoms with Crippen LogP contribution in [0.4, 0.5) is 0 Å². The minimum atomic E-state index is 0.364. The van der Waals surface area contributed by atoms with E-state index in [4.69, 9.17) is 25.5 Å². The standard InChI is InChI=1S/C22H16ClN3O3/c1-27-20-11-16(23)21(28-2)10-15(20)19-8-7-14(29-19)9-13(12-24)22-25-17-5-3-4-6-18(17)26-22/h3-11H,1-2H3,(H,25,26). The van der Waals surface area contributed by atoms with Gasteiger partial charge in [0.25, 0.3) is 0 Å². The van der Waals surface area contributed by atoms with Crippen molar-refractivity contribution < 1.29 is 13.9 Å². The molecule has 0 radical (unpaired) electrons. The number of hydrogen-bond acceptors (Lipinski definition) is 5. The Bertz CT molecular complexity index is 1230. The highest BCUT2D eigenvalue weighted by Gasteiger charge is 2.15. The van der Waals surface area contributed by atoms with E-state index in [2.05, 4.69) is 16.0 Å². The second-order valence-electron chi connectivity index (χ2n) is 6.16. The average molecular weight is 406 g/mol. The zero-order chi connectivity index (χ0) is 20.4. The molecule has 1 N–H and O–H groups in total. The summed E-state index contributed by atoms with van der Waals surface area (Å²) < 4.78 is 16.6. The fraction of sp³-hybridized carbons (Fsp3) is 0.0909. The smallest absolute Gasteiger partial charge is 0.149 e. The highest BCUT2D eigenvalue weighted by molar-refractivity contribution is 6.32. The monoisotopic (exact) mass is 405 g/mol. The molecule has 2 aromatic heterocycles. The van der Waals surface area contributed by atoms with Crippen LogP contribution in [0.5, 0.6) is 11.5 Å². The summed E-state index contributed by atoms with van der Waals surface area (Å²) in [6.07, 6.45) is 1.64. The molecule has 2 heterocycles. The van der Waals surface area contributed by atoms with Gasteiger partial charge in [-0.1, -0.05) is 23.7 Å². The van der Waals surface area contributed by atoms with Crippen molar-refractivity contribution in [2.45, 2.75) is 0 Å². The third-order valence-corrected chi connectivity index (χ3v) is 4.71. The summed E-state index contributed by atoms with van der Waals surface area (Å²) in [7, 11) is 3.10. The number of imidazole rings is 1. The fourth-order valence-corrected chi connectivity index (χ4v) is 3.24. The van der Waals surface area contributed by atoms with Crippen molar-refractivity contribution in [3.8, 4) is 28.9 Å². The van der Waals surface area contributed by atoms with Crippen LogP contribution >= 0.6 is 11.6 Å². The third kappa shape index (κ3) is 3.56. The van der Waals surface area contributed by atoms with Gasteiger partial charge in [-0.05, 0) is 30.3 Å². The molecule has 29 heavy (non-hydrogen) atoms. The summed E-state index contributed by atoms with van der Waals surface area (Å²) in [6.45, 7) is 0. The number of methoxy groups -OCH3 is 2. The zero-order valence-electron chi connectivity index (χ0n) is 15.7. The summed E-state index contributed by atoms with van der Waals surface area (Å²) in [6, 6.07) is 16.8. The summed E-state index contributed by atoms with van der Waals surface area (Å²) >= 11 is 6.17. The summed E-state index contributed by atoms with van der Waals surface area (Å²) in [4.78, 5) is 7.62. The lowest BCUT2D eigenvalue weighted by Crippen LogP contribution is -1.91. The molecule has 0 aliphatic heterocycles. The highest BCUT2D eigenvalue weighted by atomic mass is 35.5. The molecule has 0 saturated carbocycles.